The lowest BCUT2D eigenvalue weighted by molar-refractivity contribution is -0.140. The van der Waals surface area contributed by atoms with Gasteiger partial charge in [-0.15, -0.1) is 0 Å². The lowest BCUT2D eigenvalue weighted by atomic mass is 10.0. The number of amides is 2. The van der Waals surface area contributed by atoms with E-state index in [2.05, 4.69) is 5.32 Å². The minimum atomic E-state index is -4.19. The van der Waals surface area contributed by atoms with Gasteiger partial charge in [0.05, 0.1) is 10.6 Å². The molecule has 7 nitrogen and oxygen atoms in total. The summed E-state index contributed by atoms with van der Waals surface area (Å²) in [4.78, 5) is 29.6. The SMILES string of the molecule is CCCNC(=O)C(Cc1ccccc1)N(Cc1ccc(C)cc1)C(=O)CN(c1cccc(C)c1)S(=O)(=O)c1ccc(Cl)cc1. The van der Waals surface area contributed by atoms with Crippen molar-refractivity contribution < 1.29 is 18.0 Å². The molecule has 2 amide bonds. The smallest absolute Gasteiger partial charge is 0.264 e. The molecular weight excluding hydrogens is 594 g/mol. The van der Waals surface area contributed by atoms with E-state index < -0.39 is 28.5 Å². The van der Waals surface area contributed by atoms with Gasteiger partial charge in [0.25, 0.3) is 10.0 Å². The number of nitrogens with one attached hydrogen (secondary N) is 1. The molecule has 0 saturated carbocycles. The van der Waals surface area contributed by atoms with Gasteiger partial charge in [-0.05, 0) is 73.4 Å². The van der Waals surface area contributed by atoms with E-state index in [1.807, 2.05) is 81.4 Å². The molecule has 4 rings (SSSR count). The van der Waals surface area contributed by atoms with E-state index in [9.17, 15) is 18.0 Å². The predicted octanol–water partition coefficient (Wildman–Crippen LogP) is 6.32. The summed E-state index contributed by atoms with van der Waals surface area (Å²) < 4.78 is 29.3. The van der Waals surface area contributed by atoms with Crippen LogP contribution in [0.1, 0.15) is 35.6 Å². The van der Waals surface area contributed by atoms with Gasteiger partial charge in [0.2, 0.25) is 11.8 Å². The number of hydrogen-bond acceptors (Lipinski definition) is 4. The van der Waals surface area contributed by atoms with Crippen molar-refractivity contribution in [3.8, 4) is 0 Å². The minimum absolute atomic E-state index is 0.00261. The van der Waals surface area contributed by atoms with Crippen LogP contribution in [-0.2, 0) is 32.6 Å². The summed E-state index contributed by atoms with van der Waals surface area (Å²) in [5.74, 6) is -0.795. The topological polar surface area (TPSA) is 86.8 Å². The van der Waals surface area contributed by atoms with Gasteiger partial charge in [-0.1, -0.05) is 90.8 Å². The highest BCUT2D eigenvalue weighted by Crippen LogP contribution is 2.26. The fourth-order valence-corrected chi connectivity index (χ4v) is 6.39. The van der Waals surface area contributed by atoms with Crippen LogP contribution in [0.5, 0.6) is 0 Å². The summed E-state index contributed by atoms with van der Waals surface area (Å²) in [5.41, 5.74) is 3.96. The summed E-state index contributed by atoms with van der Waals surface area (Å²) >= 11 is 6.05. The quantitative estimate of drug-likeness (QED) is 0.187. The van der Waals surface area contributed by atoms with E-state index in [0.717, 1.165) is 33.0 Å². The lowest BCUT2D eigenvalue weighted by Crippen LogP contribution is -2.53. The van der Waals surface area contributed by atoms with Crippen LogP contribution in [0.2, 0.25) is 5.02 Å². The molecular formula is C35H38ClN3O4S. The van der Waals surface area contributed by atoms with Crippen molar-refractivity contribution in [1.29, 1.82) is 0 Å². The Hall–Kier alpha value is -4.14. The summed E-state index contributed by atoms with van der Waals surface area (Å²) in [5, 5.41) is 3.36. The van der Waals surface area contributed by atoms with Crippen molar-refractivity contribution in [2.24, 2.45) is 0 Å². The maximum Gasteiger partial charge on any atom is 0.264 e. The molecule has 230 valence electrons. The third-order valence-electron chi connectivity index (χ3n) is 7.26. The molecule has 0 spiro atoms. The van der Waals surface area contributed by atoms with Gasteiger partial charge < -0.3 is 10.2 Å². The van der Waals surface area contributed by atoms with Crippen LogP contribution < -0.4 is 9.62 Å². The average molecular weight is 632 g/mol. The molecule has 4 aromatic carbocycles. The summed E-state index contributed by atoms with van der Waals surface area (Å²) in [7, 11) is -4.19. The second-order valence-electron chi connectivity index (χ2n) is 10.8. The van der Waals surface area contributed by atoms with Gasteiger partial charge in [-0.25, -0.2) is 8.42 Å². The minimum Gasteiger partial charge on any atom is -0.354 e. The van der Waals surface area contributed by atoms with Gasteiger partial charge in [-0.3, -0.25) is 13.9 Å². The Kier molecular flexibility index (Phi) is 11.2. The molecule has 1 atom stereocenters. The molecule has 9 heteroatoms. The van der Waals surface area contributed by atoms with Crippen molar-refractivity contribution in [3.05, 3.63) is 130 Å². The third kappa shape index (κ3) is 8.49. The monoisotopic (exact) mass is 631 g/mol. The molecule has 44 heavy (non-hydrogen) atoms. The first kappa shape index (κ1) is 32.8. The zero-order chi connectivity index (χ0) is 31.7. The van der Waals surface area contributed by atoms with E-state index in [1.165, 1.54) is 29.2 Å². The first-order valence-corrected chi connectivity index (χ1v) is 16.4. The van der Waals surface area contributed by atoms with E-state index in [1.54, 1.807) is 18.2 Å². The van der Waals surface area contributed by atoms with Gasteiger partial charge >= 0.3 is 0 Å². The molecule has 4 aromatic rings. The van der Waals surface area contributed by atoms with Crippen LogP contribution in [-0.4, -0.2) is 44.3 Å². The average Bonchev–Trinajstić information content (AvgIpc) is 3.01. The molecule has 0 aliphatic heterocycles. The molecule has 0 aliphatic carbocycles. The Morgan fingerprint density at radius 1 is 0.818 bits per heavy atom. The molecule has 0 aliphatic rings. The Morgan fingerprint density at radius 2 is 1.50 bits per heavy atom. The molecule has 1 N–H and O–H groups in total. The fraction of sp³-hybridized carbons (Fsp3) is 0.257. The van der Waals surface area contributed by atoms with Gasteiger partial charge in [0.15, 0.2) is 0 Å². The Balaban J connectivity index is 1.79. The number of aryl methyl sites for hydroxylation is 2. The largest absolute Gasteiger partial charge is 0.354 e. The van der Waals surface area contributed by atoms with E-state index >= 15 is 0 Å². The Labute approximate surface area is 265 Å². The van der Waals surface area contributed by atoms with Crippen molar-refractivity contribution in [2.75, 3.05) is 17.4 Å². The van der Waals surface area contributed by atoms with Crippen molar-refractivity contribution in [3.63, 3.8) is 0 Å². The highest BCUT2D eigenvalue weighted by Gasteiger charge is 2.34. The maximum atomic E-state index is 14.4. The highest BCUT2D eigenvalue weighted by molar-refractivity contribution is 7.92. The summed E-state index contributed by atoms with van der Waals surface area (Å²) in [6.07, 6.45) is 0.999. The van der Waals surface area contributed by atoms with E-state index in [-0.39, 0.29) is 23.8 Å². The zero-order valence-electron chi connectivity index (χ0n) is 25.2. The number of hydrogen-bond donors (Lipinski definition) is 1. The number of anilines is 1. The van der Waals surface area contributed by atoms with Crippen molar-refractivity contribution >= 4 is 39.1 Å². The Bertz CT molecular complexity index is 1660. The van der Waals surface area contributed by atoms with Crippen molar-refractivity contribution in [2.45, 2.75) is 51.1 Å². The number of nitrogens with zero attached hydrogens (tertiary/aromatic N) is 2. The number of carbonyl (C=O) groups is 2. The van der Waals surface area contributed by atoms with Crippen LogP contribution in [0, 0.1) is 13.8 Å². The molecule has 0 aromatic heterocycles. The van der Waals surface area contributed by atoms with Crippen LogP contribution in [0.25, 0.3) is 0 Å². The molecule has 0 fully saturated rings. The summed E-state index contributed by atoms with van der Waals surface area (Å²) in [6.45, 7) is 5.87. The van der Waals surface area contributed by atoms with Gasteiger partial charge in [0.1, 0.15) is 12.6 Å². The van der Waals surface area contributed by atoms with Crippen LogP contribution >= 0.6 is 11.6 Å². The number of halogens is 1. The van der Waals surface area contributed by atoms with Crippen LogP contribution in [0.4, 0.5) is 5.69 Å². The van der Waals surface area contributed by atoms with E-state index in [0.29, 0.717) is 17.3 Å². The Morgan fingerprint density at radius 3 is 2.14 bits per heavy atom. The van der Waals surface area contributed by atoms with E-state index in [4.69, 9.17) is 11.6 Å². The van der Waals surface area contributed by atoms with Crippen LogP contribution in [0.15, 0.2) is 108 Å². The summed E-state index contributed by atoms with van der Waals surface area (Å²) in [6, 6.07) is 29.2. The maximum absolute atomic E-state index is 14.4. The molecule has 0 saturated heterocycles. The number of benzene rings is 4. The first-order chi connectivity index (χ1) is 21.1. The molecule has 0 heterocycles. The predicted molar refractivity (Wildman–Crippen MR) is 176 cm³/mol. The molecule has 0 bridgehead atoms. The second kappa shape index (κ2) is 15.0. The third-order valence-corrected chi connectivity index (χ3v) is 9.30. The number of sulfonamides is 1. The number of rotatable bonds is 13. The zero-order valence-corrected chi connectivity index (χ0v) is 26.8. The van der Waals surface area contributed by atoms with Crippen molar-refractivity contribution in [1.82, 2.24) is 10.2 Å². The first-order valence-electron chi connectivity index (χ1n) is 14.6. The van der Waals surface area contributed by atoms with Gasteiger partial charge in [0, 0.05) is 24.5 Å². The lowest BCUT2D eigenvalue weighted by Gasteiger charge is -2.34. The van der Waals surface area contributed by atoms with Gasteiger partial charge in [-0.2, -0.15) is 0 Å². The highest BCUT2D eigenvalue weighted by atomic mass is 35.5. The second-order valence-corrected chi connectivity index (χ2v) is 13.1. The number of carbonyl (C=O) groups excluding carboxylic acids is 2. The normalized spacial score (nSPS) is 11.9. The van der Waals surface area contributed by atoms with Crippen LogP contribution in [0.3, 0.4) is 0 Å². The standard InChI is InChI=1S/C35H38ClN3O4S/c1-4-21-37-35(41)33(23-28-10-6-5-7-11-28)38(24-29-15-13-26(2)14-16-29)34(40)25-39(31-12-8-9-27(3)22-31)44(42,43)32-19-17-30(36)18-20-32/h5-20,22,33H,4,21,23-25H2,1-3H3,(H,37,41). The molecule has 1 unspecified atom stereocenters. The fourth-order valence-electron chi connectivity index (χ4n) is 4.86. The molecule has 0 radical (unpaired) electrons.